The van der Waals surface area contributed by atoms with Gasteiger partial charge in [-0.3, -0.25) is 0 Å². The normalized spacial score (nSPS) is 22.1. The second-order valence-electron chi connectivity index (χ2n) is 5.33. The summed E-state index contributed by atoms with van der Waals surface area (Å²) >= 11 is 1.70. The topological polar surface area (TPSA) is 46.2 Å². The Kier molecular flexibility index (Phi) is 4.23. The fraction of sp³-hybridized carbons (Fsp3) is 0.714. The zero-order valence-corrected chi connectivity index (χ0v) is 11.4. The number of aliphatic hydroxyl groups is 1. The number of aliphatic hydroxyl groups excluding tert-OH is 1. The summed E-state index contributed by atoms with van der Waals surface area (Å²) in [5.74, 6) is 0. The molecule has 17 heavy (non-hydrogen) atoms. The lowest BCUT2D eigenvalue weighted by molar-refractivity contribution is 0.0193. The molecule has 1 unspecified atom stereocenters. The maximum Gasteiger partial charge on any atom is 0.0950 e. The Morgan fingerprint density at radius 1 is 1.29 bits per heavy atom. The molecule has 0 aromatic carbocycles. The third-order valence-corrected chi connectivity index (χ3v) is 5.17. The maximum absolute atomic E-state index is 10.7. The lowest BCUT2D eigenvalue weighted by atomic mass is 9.75. The fourth-order valence-corrected chi connectivity index (χ4v) is 3.93. The van der Waals surface area contributed by atoms with E-state index < -0.39 is 0 Å². The second kappa shape index (κ2) is 5.51. The van der Waals surface area contributed by atoms with Gasteiger partial charge < -0.3 is 10.8 Å². The average molecular weight is 253 g/mol. The minimum atomic E-state index is -0.371. The first-order valence-electron chi connectivity index (χ1n) is 6.62. The Morgan fingerprint density at radius 2 is 1.94 bits per heavy atom. The van der Waals surface area contributed by atoms with Gasteiger partial charge in [-0.2, -0.15) is 0 Å². The van der Waals surface area contributed by atoms with Gasteiger partial charge in [-0.1, -0.05) is 25.7 Å². The van der Waals surface area contributed by atoms with Crippen LogP contribution in [0.5, 0.6) is 0 Å². The van der Waals surface area contributed by atoms with E-state index in [0.717, 1.165) is 17.7 Å². The molecule has 1 fully saturated rings. The number of aryl methyl sites for hydroxylation is 1. The number of rotatable bonds is 3. The average Bonchev–Trinajstić information content (AvgIpc) is 2.64. The molecule has 0 saturated heterocycles. The highest BCUT2D eigenvalue weighted by molar-refractivity contribution is 7.12. The zero-order chi connectivity index (χ0) is 12.3. The van der Waals surface area contributed by atoms with E-state index >= 15 is 0 Å². The standard InChI is InChI=1S/C14H23NOS/c1-11-6-7-12(17-11)13(16)14(10-15)8-4-2-3-5-9-14/h6-7,13,16H,2-5,8-10,15H2,1H3. The van der Waals surface area contributed by atoms with Crippen LogP contribution in [0.2, 0.25) is 0 Å². The molecule has 0 radical (unpaired) electrons. The van der Waals surface area contributed by atoms with E-state index in [-0.39, 0.29) is 11.5 Å². The van der Waals surface area contributed by atoms with Crippen molar-refractivity contribution in [2.75, 3.05) is 6.54 Å². The summed E-state index contributed by atoms with van der Waals surface area (Å²) in [6.07, 6.45) is 6.76. The van der Waals surface area contributed by atoms with Crippen LogP contribution >= 0.6 is 11.3 Å². The smallest absolute Gasteiger partial charge is 0.0950 e. The van der Waals surface area contributed by atoms with Crippen LogP contribution in [0.1, 0.15) is 54.4 Å². The maximum atomic E-state index is 10.7. The Balaban J connectivity index is 2.21. The monoisotopic (exact) mass is 253 g/mol. The van der Waals surface area contributed by atoms with E-state index in [4.69, 9.17) is 5.73 Å². The molecule has 1 atom stereocenters. The van der Waals surface area contributed by atoms with Crippen LogP contribution in [0.3, 0.4) is 0 Å². The molecule has 0 aliphatic heterocycles. The van der Waals surface area contributed by atoms with E-state index in [2.05, 4.69) is 19.1 Å². The summed E-state index contributed by atoms with van der Waals surface area (Å²) < 4.78 is 0. The summed E-state index contributed by atoms with van der Waals surface area (Å²) in [6, 6.07) is 4.15. The van der Waals surface area contributed by atoms with Crippen LogP contribution in [-0.2, 0) is 0 Å². The third-order valence-electron chi connectivity index (χ3n) is 4.12. The van der Waals surface area contributed by atoms with Crippen molar-refractivity contribution in [1.29, 1.82) is 0 Å². The van der Waals surface area contributed by atoms with Crippen LogP contribution in [0.25, 0.3) is 0 Å². The molecule has 1 aromatic heterocycles. The highest BCUT2D eigenvalue weighted by atomic mass is 32.1. The van der Waals surface area contributed by atoms with Gasteiger partial charge in [0.25, 0.3) is 0 Å². The largest absolute Gasteiger partial charge is 0.387 e. The zero-order valence-electron chi connectivity index (χ0n) is 10.6. The summed E-state index contributed by atoms with van der Waals surface area (Å²) in [4.78, 5) is 2.36. The minimum absolute atomic E-state index is 0.0756. The lowest BCUT2D eigenvalue weighted by Gasteiger charge is -2.36. The van der Waals surface area contributed by atoms with Gasteiger partial charge in [0.1, 0.15) is 0 Å². The van der Waals surface area contributed by atoms with E-state index in [0.29, 0.717) is 6.54 Å². The Bertz CT molecular complexity index is 353. The molecule has 3 heteroatoms. The summed E-state index contributed by atoms with van der Waals surface area (Å²) in [5, 5.41) is 10.7. The highest BCUT2D eigenvalue weighted by Crippen LogP contribution is 2.45. The van der Waals surface area contributed by atoms with Gasteiger partial charge >= 0.3 is 0 Å². The number of hydrogen-bond donors (Lipinski definition) is 2. The van der Waals surface area contributed by atoms with Crippen molar-refractivity contribution in [3.63, 3.8) is 0 Å². The predicted molar refractivity (Wildman–Crippen MR) is 73.2 cm³/mol. The van der Waals surface area contributed by atoms with E-state index in [1.165, 1.54) is 30.6 Å². The number of hydrogen-bond acceptors (Lipinski definition) is 3. The van der Waals surface area contributed by atoms with Crippen molar-refractivity contribution < 1.29 is 5.11 Å². The van der Waals surface area contributed by atoms with E-state index in [1.54, 1.807) is 11.3 Å². The number of nitrogens with two attached hydrogens (primary N) is 1. The molecule has 2 nitrogen and oxygen atoms in total. The molecule has 1 heterocycles. The SMILES string of the molecule is Cc1ccc(C(O)C2(CN)CCCCCC2)s1. The first-order valence-corrected chi connectivity index (χ1v) is 7.44. The Hall–Kier alpha value is -0.380. The first kappa shape index (κ1) is 13.1. The van der Waals surface area contributed by atoms with Crippen LogP contribution in [0.15, 0.2) is 12.1 Å². The molecule has 0 bridgehead atoms. The molecule has 1 aliphatic carbocycles. The molecular weight excluding hydrogens is 230 g/mol. The quantitative estimate of drug-likeness (QED) is 0.811. The first-order chi connectivity index (χ1) is 8.18. The van der Waals surface area contributed by atoms with Crippen LogP contribution in [0.4, 0.5) is 0 Å². The minimum Gasteiger partial charge on any atom is -0.387 e. The van der Waals surface area contributed by atoms with Gasteiger partial charge in [0, 0.05) is 21.7 Å². The highest BCUT2D eigenvalue weighted by Gasteiger charge is 2.38. The van der Waals surface area contributed by atoms with Crippen molar-refractivity contribution in [2.45, 2.75) is 51.6 Å². The van der Waals surface area contributed by atoms with Gasteiger partial charge in [-0.25, -0.2) is 0 Å². The molecule has 0 amide bonds. The van der Waals surface area contributed by atoms with Crippen molar-refractivity contribution in [3.05, 3.63) is 21.9 Å². The van der Waals surface area contributed by atoms with Crippen LogP contribution in [0, 0.1) is 12.3 Å². The molecule has 3 N–H and O–H groups in total. The second-order valence-corrected chi connectivity index (χ2v) is 6.65. The van der Waals surface area contributed by atoms with Gasteiger partial charge in [-0.15, -0.1) is 11.3 Å². The lowest BCUT2D eigenvalue weighted by Crippen LogP contribution is -2.36. The molecular formula is C14H23NOS. The van der Waals surface area contributed by atoms with E-state index in [9.17, 15) is 5.11 Å². The van der Waals surface area contributed by atoms with E-state index in [1.807, 2.05) is 0 Å². The molecule has 1 aromatic rings. The predicted octanol–water partition coefficient (Wildman–Crippen LogP) is 3.39. The summed E-state index contributed by atoms with van der Waals surface area (Å²) in [5.41, 5.74) is 5.92. The van der Waals surface area contributed by atoms with Gasteiger partial charge in [0.05, 0.1) is 6.10 Å². The molecule has 1 saturated carbocycles. The molecule has 1 aliphatic rings. The summed E-state index contributed by atoms with van der Waals surface area (Å²) in [6.45, 7) is 2.69. The fourth-order valence-electron chi connectivity index (χ4n) is 2.92. The Labute approximate surface area is 108 Å². The van der Waals surface area contributed by atoms with Crippen LogP contribution < -0.4 is 5.73 Å². The number of thiophene rings is 1. The van der Waals surface area contributed by atoms with Crippen molar-refractivity contribution in [3.8, 4) is 0 Å². The van der Waals surface area contributed by atoms with Crippen molar-refractivity contribution in [1.82, 2.24) is 0 Å². The molecule has 0 spiro atoms. The third kappa shape index (κ3) is 2.72. The Morgan fingerprint density at radius 3 is 2.41 bits per heavy atom. The van der Waals surface area contributed by atoms with Gasteiger partial charge in [0.15, 0.2) is 0 Å². The van der Waals surface area contributed by atoms with Crippen molar-refractivity contribution in [2.24, 2.45) is 11.1 Å². The van der Waals surface area contributed by atoms with Gasteiger partial charge in [-0.05, 0) is 31.9 Å². The molecule has 96 valence electrons. The molecule has 2 rings (SSSR count). The van der Waals surface area contributed by atoms with Crippen LogP contribution in [-0.4, -0.2) is 11.7 Å². The van der Waals surface area contributed by atoms with Gasteiger partial charge in [0.2, 0.25) is 0 Å². The van der Waals surface area contributed by atoms with Crippen molar-refractivity contribution >= 4 is 11.3 Å². The summed E-state index contributed by atoms with van der Waals surface area (Å²) in [7, 11) is 0.